The Labute approximate surface area is 177 Å². The van der Waals surface area contributed by atoms with Crippen molar-refractivity contribution < 1.29 is 13.2 Å². The van der Waals surface area contributed by atoms with E-state index in [0.717, 1.165) is 26.1 Å². The lowest BCUT2D eigenvalue weighted by Gasteiger charge is -2.34. The molecule has 0 radical (unpaired) electrons. The quantitative estimate of drug-likeness (QED) is 0.698. The molecule has 1 aliphatic heterocycles. The van der Waals surface area contributed by atoms with E-state index in [0.29, 0.717) is 29.4 Å². The van der Waals surface area contributed by atoms with E-state index in [1.807, 2.05) is 0 Å². The molecule has 2 aromatic rings. The highest BCUT2D eigenvalue weighted by atomic mass is 35.5. The van der Waals surface area contributed by atoms with Gasteiger partial charge in [-0.1, -0.05) is 30.7 Å². The Morgan fingerprint density at radius 2 is 1.76 bits per heavy atom. The second-order valence-corrected chi connectivity index (χ2v) is 9.52. The smallest absolute Gasteiger partial charge is 0.264 e. The summed E-state index contributed by atoms with van der Waals surface area (Å²) < 4.78 is 27.3. The first-order valence-corrected chi connectivity index (χ1v) is 11.5. The van der Waals surface area contributed by atoms with Gasteiger partial charge >= 0.3 is 0 Å². The molecule has 6 nitrogen and oxygen atoms in total. The largest absolute Gasteiger partial charge is 0.336 e. The fourth-order valence-corrected chi connectivity index (χ4v) is 4.85. The molecule has 2 aromatic carbocycles. The van der Waals surface area contributed by atoms with Gasteiger partial charge in [0.15, 0.2) is 0 Å². The molecule has 156 valence electrons. The minimum absolute atomic E-state index is 0.0791. The fraction of sp³-hybridized carbons (Fsp3) is 0.381. The maximum Gasteiger partial charge on any atom is 0.264 e. The van der Waals surface area contributed by atoms with Crippen molar-refractivity contribution in [3.63, 3.8) is 0 Å². The Balaban J connectivity index is 1.79. The molecule has 0 N–H and O–H groups in total. The van der Waals surface area contributed by atoms with Crippen LogP contribution in [0.2, 0.25) is 5.02 Å². The van der Waals surface area contributed by atoms with E-state index in [2.05, 4.69) is 11.8 Å². The van der Waals surface area contributed by atoms with Gasteiger partial charge < -0.3 is 4.90 Å². The number of carbonyl (C=O) groups is 1. The third-order valence-corrected chi connectivity index (χ3v) is 7.13. The van der Waals surface area contributed by atoms with Gasteiger partial charge in [-0.15, -0.1) is 0 Å². The Kier molecular flexibility index (Phi) is 6.82. The highest BCUT2D eigenvalue weighted by Gasteiger charge is 2.25. The lowest BCUT2D eigenvalue weighted by atomic mass is 10.2. The second-order valence-electron chi connectivity index (χ2n) is 7.11. The van der Waals surface area contributed by atoms with E-state index in [4.69, 9.17) is 11.6 Å². The molecule has 1 aliphatic rings. The van der Waals surface area contributed by atoms with Gasteiger partial charge in [-0.05, 0) is 49.4 Å². The molecule has 0 atom stereocenters. The van der Waals surface area contributed by atoms with E-state index < -0.39 is 10.0 Å². The van der Waals surface area contributed by atoms with Crippen LogP contribution in [0, 0.1) is 0 Å². The van der Waals surface area contributed by atoms with Crippen LogP contribution in [-0.4, -0.2) is 63.9 Å². The molecule has 0 spiro atoms. The zero-order chi connectivity index (χ0) is 21.0. The number of halogens is 1. The molecular weight excluding hydrogens is 410 g/mol. The number of amides is 1. The van der Waals surface area contributed by atoms with Gasteiger partial charge in [0.05, 0.1) is 10.6 Å². The topological polar surface area (TPSA) is 60.9 Å². The first kappa shape index (κ1) is 21.6. The normalized spacial score (nSPS) is 15.3. The molecule has 1 amide bonds. The summed E-state index contributed by atoms with van der Waals surface area (Å²) in [4.78, 5) is 17.1. The number of sulfonamides is 1. The van der Waals surface area contributed by atoms with Crippen LogP contribution in [0.5, 0.6) is 0 Å². The lowest BCUT2D eigenvalue weighted by molar-refractivity contribution is 0.0637. The number of benzene rings is 2. The standard InChI is InChI=1S/C21H26ClN3O3S/c1-3-10-24-11-13-25(14-12-24)21(26)17-6-4-9-20(15-17)29(27,28)23(2)19-8-5-7-18(22)16-19/h4-9,15-16H,3,10-14H2,1-2H3. The minimum Gasteiger partial charge on any atom is -0.336 e. The summed E-state index contributed by atoms with van der Waals surface area (Å²) >= 11 is 5.99. The summed E-state index contributed by atoms with van der Waals surface area (Å²) in [7, 11) is -2.34. The lowest BCUT2D eigenvalue weighted by Crippen LogP contribution is -2.48. The summed E-state index contributed by atoms with van der Waals surface area (Å²) in [6.07, 6.45) is 1.09. The molecule has 0 aliphatic carbocycles. The average molecular weight is 436 g/mol. The van der Waals surface area contributed by atoms with Gasteiger partial charge in [-0.3, -0.25) is 14.0 Å². The highest BCUT2D eigenvalue weighted by molar-refractivity contribution is 7.92. The van der Waals surface area contributed by atoms with Crippen LogP contribution in [0.25, 0.3) is 0 Å². The Morgan fingerprint density at radius 1 is 1.07 bits per heavy atom. The zero-order valence-electron chi connectivity index (χ0n) is 16.7. The van der Waals surface area contributed by atoms with E-state index in [1.54, 1.807) is 41.3 Å². The maximum atomic E-state index is 13.1. The first-order valence-electron chi connectivity index (χ1n) is 9.69. The fourth-order valence-electron chi connectivity index (χ4n) is 3.43. The minimum atomic E-state index is -3.82. The van der Waals surface area contributed by atoms with Gasteiger partial charge in [0.25, 0.3) is 15.9 Å². The number of carbonyl (C=O) groups excluding carboxylic acids is 1. The molecule has 3 rings (SSSR count). The zero-order valence-corrected chi connectivity index (χ0v) is 18.3. The Morgan fingerprint density at radius 3 is 2.41 bits per heavy atom. The van der Waals surface area contributed by atoms with Crippen LogP contribution in [0.3, 0.4) is 0 Å². The van der Waals surface area contributed by atoms with Crippen molar-refractivity contribution >= 4 is 33.2 Å². The van der Waals surface area contributed by atoms with Crippen LogP contribution in [0.4, 0.5) is 5.69 Å². The van der Waals surface area contributed by atoms with Crippen LogP contribution < -0.4 is 4.31 Å². The third kappa shape index (κ3) is 4.91. The molecule has 1 heterocycles. The number of hydrogen-bond donors (Lipinski definition) is 0. The maximum absolute atomic E-state index is 13.1. The predicted molar refractivity (Wildman–Crippen MR) is 116 cm³/mol. The molecule has 1 saturated heterocycles. The van der Waals surface area contributed by atoms with E-state index in [1.165, 1.54) is 23.5 Å². The van der Waals surface area contributed by atoms with Crippen LogP contribution in [0.15, 0.2) is 53.4 Å². The number of anilines is 1. The summed E-state index contributed by atoms with van der Waals surface area (Å²) in [6.45, 7) is 6.16. The summed E-state index contributed by atoms with van der Waals surface area (Å²) in [5, 5.41) is 0.454. The van der Waals surface area contributed by atoms with Crippen molar-refractivity contribution in [2.75, 3.05) is 44.1 Å². The van der Waals surface area contributed by atoms with Crippen molar-refractivity contribution in [1.29, 1.82) is 0 Å². The molecular formula is C21H26ClN3O3S. The third-order valence-electron chi connectivity index (χ3n) is 5.11. The molecule has 29 heavy (non-hydrogen) atoms. The molecule has 0 bridgehead atoms. The van der Waals surface area contributed by atoms with Gasteiger partial charge in [-0.25, -0.2) is 8.42 Å². The molecule has 1 fully saturated rings. The summed E-state index contributed by atoms with van der Waals surface area (Å²) in [6, 6.07) is 12.9. The van der Waals surface area contributed by atoms with Crippen molar-refractivity contribution in [1.82, 2.24) is 9.80 Å². The number of hydrogen-bond acceptors (Lipinski definition) is 4. The van der Waals surface area contributed by atoms with Crippen LogP contribution in [-0.2, 0) is 10.0 Å². The highest BCUT2D eigenvalue weighted by Crippen LogP contribution is 2.25. The van der Waals surface area contributed by atoms with E-state index >= 15 is 0 Å². The van der Waals surface area contributed by atoms with Crippen molar-refractivity contribution in [2.45, 2.75) is 18.2 Å². The second kappa shape index (κ2) is 9.15. The van der Waals surface area contributed by atoms with E-state index in [-0.39, 0.29) is 10.8 Å². The number of piperazine rings is 1. The average Bonchev–Trinajstić information content (AvgIpc) is 2.73. The molecule has 8 heteroatoms. The van der Waals surface area contributed by atoms with Crippen molar-refractivity contribution in [3.8, 4) is 0 Å². The SMILES string of the molecule is CCCN1CCN(C(=O)c2cccc(S(=O)(=O)N(C)c3cccc(Cl)c3)c2)CC1. The van der Waals surface area contributed by atoms with Crippen molar-refractivity contribution in [2.24, 2.45) is 0 Å². The molecule has 0 aromatic heterocycles. The van der Waals surface area contributed by atoms with Crippen molar-refractivity contribution in [3.05, 3.63) is 59.1 Å². The monoisotopic (exact) mass is 435 g/mol. The molecule has 0 saturated carbocycles. The molecule has 0 unspecified atom stereocenters. The Bertz CT molecular complexity index is 973. The van der Waals surface area contributed by atoms with Crippen LogP contribution in [0.1, 0.15) is 23.7 Å². The van der Waals surface area contributed by atoms with Gasteiger partial charge in [-0.2, -0.15) is 0 Å². The van der Waals surface area contributed by atoms with Gasteiger partial charge in [0.2, 0.25) is 0 Å². The van der Waals surface area contributed by atoms with Crippen LogP contribution >= 0.6 is 11.6 Å². The Hall–Kier alpha value is -2.09. The number of rotatable bonds is 6. The summed E-state index contributed by atoms with van der Waals surface area (Å²) in [5.74, 6) is -0.136. The summed E-state index contributed by atoms with van der Waals surface area (Å²) in [5.41, 5.74) is 0.843. The van der Waals surface area contributed by atoms with E-state index in [9.17, 15) is 13.2 Å². The predicted octanol–water partition coefficient (Wildman–Crippen LogP) is 3.33. The number of nitrogens with zero attached hydrogens (tertiary/aromatic N) is 3. The first-order chi connectivity index (χ1) is 13.8. The van der Waals surface area contributed by atoms with Gasteiger partial charge in [0.1, 0.15) is 0 Å². The van der Waals surface area contributed by atoms with Gasteiger partial charge in [0, 0.05) is 43.8 Å².